The minimum Gasteiger partial charge on any atom is -0.353 e. The lowest BCUT2D eigenvalue weighted by molar-refractivity contribution is -0.122. The van der Waals surface area contributed by atoms with E-state index in [1.54, 1.807) is 22.3 Å². The van der Waals surface area contributed by atoms with Crippen molar-refractivity contribution in [1.29, 1.82) is 0 Å². The van der Waals surface area contributed by atoms with Gasteiger partial charge in [0.1, 0.15) is 0 Å². The zero-order chi connectivity index (χ0) is 35.0. The Labute approximate surface area is 311 Å². The Balaban J connectivity index is 0.664. The third-order valence-electron chi connectivity index (χ3n) is 14.2. The summed E-state index contributed by atoms with van der Waals surface area (Å²) in [5.74, 6) is 1.75. The third-order valence-corrected chi connectivity index (χ3v) is 14.2. The van der Waals surface area contributed by atoms with Gasteiger partial charge in [0.15, 0.2) is 0 Å². The second kappa shape index (κ2) is 15.1. The summed E-state index contributed by atoms with van der Waals surface area (Å²) in [6.07, 6.45) is 17.7. The average molecular weight is 699 g/mol. The minimum atomic E-state index is 0.107. The first-order valence-electron chi connectivity index (χ1n) is 20.9. The molecule has 3 aromatic rings. The van der Waals surface area contributed by atoms with E-state index in [0.29, 0.717) is 37.0 Å². The predicted molar refractivity (Wildman–Crippen MR) is 207 cm³/mol. The highest BCUT2D eigenvalue weighted by atomic mass is 16.2. The van der Waals surface area contributed by atoms with Crippen LogP contribution in [-0.4, -0.2) is 46.8 Å². The van der Waals surface area contributed by atoms with Gasteiger partial charge in [-0.05, 0) is 148 Å². The Kier molecular flexibility index (Phi) is 9.96. The molecule has 0 radical (unpaired) electrons. The molecular formula is C46H58N4O2. The van der Waals surface area contributed by atoms with Gasteiger partial charge in [0.25, 0.3) is 0 Å². The van der Waals surface area contributed by atoms with Crippen molar-refractivity contribution in [1.82, 2.24) is 20.4 Å². The fourth-order valence-electron chi connectivity index (χ4n) is 11.6. The molecular weight excluding hydrogens is 641 g/mol. The lowest BCUT2D eigenvalue weighted by Gasteiger charge is -2.31. The molecule has 6 nitrogen and oxygen atoms in total. The fraction of sp³-hybridized carbons (Fsp3) is 0.565. The number of rotatable bonds is 12. The number of nitrogens with zero attached hydrogens (tertiary/aromatic N) is 2. The number of hydrogen-bond donors (Lipinski definition) is 2. The Bertz CT molecular complexity index is 1550. The van der Waals surface area contributed by atoms with E-state index in [-0.39, 0.29) is 23.9 Å². The van der Waals surface area contributed by atoms with Crippen LogP contribution in [0.25, 0.3) is 0 Å². The molecule has 274 valence electrons. The van der Waals surface area contributed by atoms with Gasteiger partial charge in [-0.3, -0.25) is 19.4 Å². The molecule has 2 saturated carbocycles. The van der Waals surface area contributed by atoms with Crippen LogP contribution in [0.1, 0.15) is 147 Å². The van der Waals surface area contributed by atoms with Crippen molar-refractivity contribution in [2.45, 2.75) is 139 Å². The topological polar surface area (TPSA) is 64.7 Å². The summed E-state index contributed by atoms with van der Waals surface area (Å²) in [5, 5.41) is 6.69. The van der Waals surface area contributed by atoms with Crippen LogP contribution < -0.4 is 10.6 Å². The van der Waals surface area contributed by atoms with E-state index in [1.165, 1.54) is 77.3 Å². The summed E-state index contributed by atoms with van der Waals surface area (Å²) in [5.41, 5.74) is 8.30. The number of benzene rings is 3. The van der Waals surface area contributed by atoms with Crippen molar-refractivity contribution in [3.05, 3.63) is 106 Å². The van der Waals surface area contributed by atoms with E-state index in [2.05, 4.69) is 75.0 Å². The molecule has 0 aromatic heterocycles. The Hall–Kier alpha value is -3.48. The molecule has 3 aromatic carbocycles. The molecule has 6 heteroatoms. The molecule has 2 aliphatic carbocycles. The molecule has 2 saturated heterocycles. The highest BCUT2D eigenvalue weighted by molar-refractivity contribution is 5.80. The first-order chi connectivity index (χ1) is 25.6. The zero-order valence-electron chi connectivity index (χ0n) is 31.0. The molecule has 52 heavy (non-hydrogen) atoms. The first kappa shape index (κ1) is 34.3. The number of amides is 2. The number of carbonyl (C=O) groups excluding carboxylic acids is 2. The van der Waals surface area contributed by atoms with E-state index < -0.39 is 0 Å². The minimum absolute atomic E-state index is 0.107. The van der Waals surface area contributed by atoms with Crippen molar-refractivity contribution in [3.8, 4) is 0 Å². The summed E-state index contributed by atoms with van der Waals surface area (Å²) in [6.45, 7) is 2.41. The molecule has 2 N–H and O–H groups in total. The molecule has 4 fully saturated rings. The van der Waals surface area contributed by atoms with Gasteiger partial charge in [0.2, 0.25) is 11.8 Å². The van der Waals surface area contributed by atoms with Gasteiger partial charge in [0, 0.05) is 36.3 Å². The molecule has 0 unspecified atom stereocenters. The largest absolute Gasteiger partial charge is 0.353 e. The summed E-state index contributed by atoms with van der Waals surface area (Å²) >= 11 is 0. The van der Waals surface area contributed by atoms with Gasteiger partial charge in [-0.2, -0.15) is 0 Å². The van der Waals surface area contributed by atoms with Gasteiger partial charge in [-0.15, -0.1) is 0 Å². The lowest BCUT2D eigenvalue weighted by atomic mass is 9.84. The van der Waals surface area contributed by atoms with Crippen LogP contribution in [-0.2, 0) is 22.4 Å². The molecule has 6 aliphatic rings. The Morgan fingerprint density at radius 2 is 0.846 bits per heavy atom. The predicted octanol–water partition coefficient (Wildman–Crippen LogP) is 8.69. The van der Waals surface area contributed by atoms with Crippen molar-refractivity contribution >= 4 is 11.8 Å². The summed E-state index contributed by atoms with van der Waals surface area (Å²) in [4.78, 5) is 31.7. The van der Waals surface area contributed by atoms with Crippen LogP contribution in [0.15, 0.2) is 72.8 Å². The molecule has 4 heterocycles. The van der Waals surface area contributed by atoms with E-state index in [0.717, 1.165) is 48.6 Å². The maximum atomic E-state index is 13.1. The monoisotopic (exact) mass is 698 g/mol. The normalized spacial score (nSPS) is 30.6. The van der Waals surface area contributed by atoms with Crippen molar-refractivity contribution in [2.24, 2.45) is 11.8 Å². The molecule has 2 amide bonds. The van der Waals surface area contributed by atoms with Crippen LogP contribution in [0.3, 0.4) is 0 Å². The molecule has 4 atom stereocenters. The van der Waals surface area contributed by atoms with Gasteiger partial charge < -0.3 is 10.6 Å². The molecule has 4 aliphatic heterocycles. The highest BCUT2D eigenvalue weighted by Gasteiger charge is 2.44. The standard InChI is InChI=1S/C46H58N4O2/c51-45(47-35-16-12-31(13-17-35)24-26-49-41-20-21-42(49)38-9-2-1-8-37(38)41)29-33-6-5-7-34(28-33)30-46(52)48-36-18-14-32(15-19-36)25-27-50-43-22-23-44(50)40-11-4-3-10-39(40)43/h1-11,28,31-32,35-36,41-44H,12-27,29-30H2,(H,47,51)(H,48,52)/t31?,32?,35?,36?,41-,42+,43-,44+. The second-order valence-corrected chi connectivity index (χ2v) is 17.3. The summed E-state index contributed by atoms with van der Waals surface area (Å²) in [6, 6.07) is 29.4. The smallest absolute Gasteiger partial charge is 0.224 e. The van der Waals surface area contributed by atoms with Crippen LogP contribution in [0.4, 0.5) is 0 Å². The number of carbonyl (C=O) groups is 2. The van der Waals surface area contributed by atoms with E-state index in [9.17, 15) is 9.59 Å². The zero-order valence-corrected chi connectivity index (χ0v) is 31.0. The number of hydrogen-bond acceptors (Lipinski definition) is 4. The SMILES string of the molecule is O=C(Cc1cccc(CC(=O)NC2CCC(CCN3[C@@H]4CC[C@H]3c3ccccc34)CC2)c1)NC1CCC(CCN2[C@@H]3CC[C@H]2c2ccccc23)CC1. The van der Waals surface area contributed by atoms with Gasteiger partial charge in [0.05, 0.1) is 12.8 Å². The lowest BCUT2D eigenvalue weighted by Crippen LogP contribution is -2.39. The number of fused-ring (bicyclic) bond motifs is 10. The first-order valence-corrected chi connectivity index (χ1v) is 20.9. The van der Waals surface area contributed by atoms with Gasteiger partial charge >= 0.3 is 0 Å². The Morgan fingerprint density at radius 3 is 1.21 bits per heavy atom. The van der Waals surface area contributed by atoms with E-state index >= 15 is 0 Å². The van der Waals surface area contributed by atoms with Crippen LogP contribution in [0.5, 0.6) is 0 Å². The van der Waals surface area contributed by atoms with Crippen LogP contribution in [0, 0.1) is 11.8 Å². The third kappa shape index (κ3) is 7.10. The van der Waals surface area contributed by atoms with Crippen molar-refractivity contribution in [3.63, 3.8) is 0 Å². The van der Waals surface area contributed by atoms with Gasteiger partial charge in [-0.25, -0.2) is 0 Å². The highest BCUT2D eigenvalue weighted by Crippen LogP contribution is 2.54. The van der Waals surface area contributed by atoms with Crippen LogP contribution in [0.2, 0.25) is 0 Å². The average Bonchev–Trinajstić information content (AvgIpc) is 3.93. The maximum absolute atomic E-state index is 13.1. The molecule has 0 spiro atoms. The molecule has 9 rings (SSSR count). The fourth-order valence-corrected chi connectivity index (χ4v) is 11.6. The van der Waals surface area contributed by atoms with E-state index in [4.69, 9.17) is 0 Å². The number of nitrogens with one attached hydrogen (secondary N) is 2. The van der Waals surface area contributed by atoms with Crippen molar-refractivity contribution in [2.75, 3.05) is 13.1 Å². The van der Waals surface area contributed by atoms with Crippen molar-refractivity contribution < 1.29 is 9.59 Å². The summed E-state index contributed by atoms with van der Waals surface area (Å²) in [7, 11) is 0. The quantitative estimate of drug-likeness (QED) is 0.199. The molecule has 4 bridgehead atoms. The maximum Gasteiger partial charge on any atom is 0.224 e. The second-order valence-electron chi connectivity index (χ2n) is 17.3. The van der Waals surface area contributed by atoms with Crippen LogP contribution >= 0.6 is 0 Å². The Morgan fingerprint density at radius 1 is 0.481 bits per heavy atom. The summed E-state index contributed by atoms with van der Waals surface area (Å²) < 4.78 is 0. The van der Waals surface area contributed by atoms with Gasteiger partial charge in [-0.1, -0.05) is 72.8 Å². The van der Waals surface area contributed by atoms with E-state index in [1.807, 2.05) is 18.2 Å².